The second kappa shape index (κ2) is 6.01. The predicted octanol–water partition coefficient (Wildman–Crippen LogP) is 2.51. The summed E-state index contributed by atoms with van der Waals surface area (Å²) in [6.45, 7) is -0.0614. The first-order valence-electron chi connectivity index (χ1n) is 6.46. The number of pyridine rings is 1. The number of aromatic nitrogens is 3. The van der Waals surface area contributed by atoms with Gasteiger partial charge in [0.1, 0.15) is 6.54 Å². The van der Waals surface area contributed by atoms with Crippen molar-refractivity contribution >= 4 is 17.3 Å². The Morgan fingerprint density at radius 3 is 2.87 bits per heavy atom. The number of halogens is 1. The quantitative estimate of drug-likeness (QED) is 0.537. The maximum Gasteiger partial charge on any atom is 0.285 e. The molecule has 0 saturated heterocycles. The van der Waals surface area contributed by atoms with Crippen molar-refractivity contribution in [1.29, 1.82) is 0 Å². The maximum atomic E-state index is 11.8. The number of hydrogen-bond acceptors (Lipinski definition) is 6. The summed E-state index contributed by atoms with van der Waals surface area (Å²) in [5, 5.41) is 15.1. The van der Waals surface area contributed by atoms with E-state index in [0.717, 1.165) is 22.9 Å². The second-order valence-electron chi connectivity index (χ2n) is 4.63. The smallest absolute Gasteiger partial charge is 0.285 e. The van der Waals surface area contributed by atoms with Gasteiger partial charge in [0, 0.05) is 22.7 Å². The molecular formula is C14H9ClN4O4. The molecule has 0 saturated carbocycles. The molecule has 3 aromatic rings. The highest BCUT2D eigenvalue weighted by atomic mass is 35.5. The van der Waals surface area contributed by atoms with Crippen LogP contribution in [0.4, 0.5) is 5.69 Å². The molecule has 116 valence electrons. The molecule has 0 spiro atoms. The van der Waals surface area contributed by atoms with Crippen LogP contribution < -0.4 is 5.56 Å². The van der Waals surface area contributed by atoms with E-state index in [1.54, 1.807) is 24.3 Å². The van der Waals surface area contributed by atoms with Gasteiger partial charge in [0.15, 0.2) is 0 Å². The summed E-state index contributed by atoms with van der Waals surface area (Å²) in [6, 6.07) is 9.17. The minimum Gasteiger partial charge on any atom is -0.337 e. The molecule has 0 amide bonds. The lowest BCUT2D eigenvalue weighted by molar-refractivity contribution is -0.385. The fourth-order valence-corrected chi connectivity index (χ4v) is 2.15. The standard InChI is InChI=1S/C14H9ClN4O4/c15-10-3-1-2-9(6-10)14-16-12(23-17-14)8-18-7-11(19(21)22)4-5-13(18)20/h1-7H,8H2. The van der Waals surface area contributed by atoms with Gasteiger partial charge < -0.3 is 4.52 Å². The summed E-state index contributed by atoms with van der Waals surface area (Å²) in [7, 11) is 0. The number of benzene rings is 1. The first-order chi connectivity index (χ1) is 11.0. The molecule has 0 unspecified atom stereocenters. The van der Waals surface area contributed by atoms with Crippen molar-refractivity contribution in [3.05, 3.63) is 74.0 Å². The summed E-state index contributed by atoms with van der Waals surface area (Å²) >= 11 is 5.90. The summed E-state index contributed by atoms with van der Waals surface area (Å²) in [5.41, 5.74) is 0.0659. The lowest BCUT2D eigenvalue weighted by atomic mass is 10.2. The van der Waals surface area contributed by atoms with Crippen LogP contribution in [-0.2, 0) is 6.54 Å². The molecule has 2 aromatic heterocycles. The van der Waals surface area contributed by atoms with Crippen LogP contribution in [0.2, 0.25) is 5.02 Å². The normalized spacial score (nSPS) is 10.7. The van der Waals surface area contributed by atoms with Gasteiger partial charge >= 0.3 is 0 Å². The molecule has 9 heteroatoms. The molecule has 1 aromatic carbocycles. The molecule has 2 heterocycles. The summed E-state index contributed by atoms with van der Waals surface area (Å²) in [5.74, 6) is 0.476. The van der Waals surface area contributed by atoms with Gasteiger partial charge in [-0.15, -0.1) is 0 Å². The fourth-order valence-electron chi connectivity index (χ4n) is 1.96. The summed E-state index contributed by atoms with van der Waals surface area (Å²) in [4.78, 5) is 26.1. The molecule has 0 atom stereocenters. The molecule has 0 aliphatic heterocycles. The number of hydrogen-bond donors (Lipinski definition) is 0. The number of nitro groups is 1. The Morgan fingerprint density at radius 1 is 1.30 bits per heavy atom. The zero-order valence-corrected chi connectivity index (χ0v) is 12.3. The molecule has 0 bridgehead atoms. The Kier molecular flexibility index (Phi) is 3.90. The van der Waals surface area contributed by atoms with E-state index in [0.29, 0.717) is 16.4 Å². The SMILES string of the molecule is O=c1ccc([N+](=O)[O-])cn1Cc1nc(-c2cccc(Cl)c2)no1. The van der Waals surface area contributed by atoms with E-state index in [9.17, 15) is 14.9 Å². The van der Waals surface area contributed by atoms with Gasteiger partial charge in [0.2, 0.25) is 11.7 Å². The number of nitrogens with zero attached hydrogens (tertiary/aromatic N) is 4. The lowest BCUT2D eigenvalue weighted by Crippen LogP contribution is -2.19. The molecule has 3 rings (SSSR count). The van der Waals surface area contributed by atoms with E-state index < -0.39 is 10.5 Å². The van der Waals surface area contributed by atoms with Crippen molar-refractivity contribution in [2.75, 3.05) is 0 Å². The minimum absolute atomic E-state index is 0.0614. The van der Waals surface area contributed by atoms with E-state index in [1.165, 1.54) is 0 Å². The highest BCUT2D eigenvalue weighted by molar-refractivity contribution is 6.30. The van der Waals surface area contributed by atoms with Crippen molar-refractivity contribution in [3.63, 3.8) is 0 Å². The van der Waals surface area contributed by atoms with E-state index >= 15 is 0 Å². The lowest BCUT2D eigenvalue weighted by Gasteiger charge is -2.00. The van der Waals surface area contributed by atoms with Gasteiger partial charge in [-0.25, -0.2) is 0 Å². The Balaban J connectivity index is 1.89. The van der Waals surface area contributed by atoms with Crippen molar-refractivity contribution < 1.29 is 9.45 Å². The molecule has 0 aliphatic carbocycles. The van der Waals surface area contributed by atoms with Gasteiger partial charge in [-0.2, -0.15) is 4.98 Å². The molecular weight excluding hydrogens is 324 g/mol. The first-order valence-corrected chi connectivity index (χ1v) is 6.84. The van der Waals surface area contributed by atoms with Crippen molar-refractivity contribution in [3.8, 4) is 11.4 Å². The highest BCUT2D eigenvalue weighted by Gasteiger charge is 2.13. The van der Waals surface area contributed by atoms with Crippen LogP contribution in [0.5, 0.6) is 0 Å². The topological polar surface area (TPSA) is 104 Å². The molecule has 0 fully saturated rings. The molecule has 23 heavy (non-hydrogen) atoms. The average molecular weight is 333 g/mol. The third-order valence-electron chi connectivity index (χ3n) is 3.04. The van der Waals surface area contributed by atoms with Crippen LogP contribution in [0, 0.1) is 10.1 Å². The Labute approximate surface area is 134 Å². The van der Waals surface area contributed by atoms with Gasteiger partial charge in [-0.1, -0.05) is 28.9 Å². The van der Waals surface area contributed by atoms with Gasteiger partial charge in [0.05, 0.1) is 11.1 Å². The largest absolute Gasteiger partial charge is 0.337 e. The van der Waals surface area contributed by atoms with E-state index in [-0.39, 0.29) is 18.1 Å². The zero-order chi connectivity index (χ0) is 16.4. The first kappa shape index (κ1) is 14.9. The molecule has 0 aliphatic rings. The van der Waals surface area contributed by atoms with E-state index in [2.05, 4.69) is 10.1 Å². The third-order valence-corrected chi connectivity index (χ3v) is 3.27. The van der Waals surface area contributed by atoms with Crippen molar-refractivity contribution in [1.82, 2.24) is 14.7 Å². The zero-order valence-electron chi connectivity index (χ0n) is 11.5. The van der Waals surface area contributed by atoms with E-state index in [1.807, 2.05) is 0 Å². The van der Waals surface area contributed by atoms with Crippen LogP contribution in [0.3, 0.4) is 0 Å². The average Bonchev–Trinajstić information content (AvgIpc) is 2.98. The molecule has 8 nitrogen and oxygen atoms in total. The third kappa shape index (κ3) is 3.27. The fraction of sp³-hybridized carbons (Fsp3) is 0.0714. The maximum absolute atomic E-state index is 11.8. The predicted molar refractivity (Wildman–Crippen MR) is 81.2 cm³/mol. The van der Waals surface area contributed by atoms with Crippen molar-refractivity contribution in [2.24, 2.45) is 0 Å². The monoisotopic (exact) mass is 332 g/mol. The van der Waals surface area contributed by atoms with Crippen LogP contribution in [0.15, 0.2) is 51.9 Å². The van der Waals surface area contributed by atoms with Gasteiger partial charge in [-0.05, 0) is 12.1 Å². The van der Waals surface area contributed by atoms with Crippen LogP contribution in [0.1, 0.15) is 5.89 Å². The summed E-state index contributed by atoms with van der Waals surface area (Å²) < 4.78 is 6.22. The van der Waals surface area contributed by atoms with Crippen LogP contribution in [-0.4, -0.2) is 19.6 Å². The van der Waals surface area contributed by atoms with E-state index in [4.69, 9.17) is 16.1 Å². The van der Waals surface area contributed by atoms with Gasteiger partial charge in [-0.3, -0.25) is 19.5 Å². The highest BCUT2D eigenvalue weighted by Crippen LogP contribution is 2.20. The minimum atomic E-state index is -0.582. The molecule has 0 N–H and O–H groups in total. The Bertz CT molecular complexity index is 934. The van der Waals surface area contributed by atoms with Gasteiger partial charge in [0.25, 0.3) is 11.2 Å². The second-order valence-corrected chi connectivity index (χ2v) is 5.07. The van der Waals surface area contributed by atoms with Crippen molar-refractivity contribution in [2.45, 2.75) is 6.54 Å². The number of rotatable bonds is 4. The summed E-state index contributed by atoms with van der Waals surface area (Å²) in [6.07, 6.45) is 1.13. The van der Waals surface area contributed by atoms with Crippen LogP contribution >= 0.6 is 11.6 Å². The Hall–Kier alpha value is -3.00. The van der Waals surface area contributed by atoms with Crippen LogP contribution in [0.25, 0.3) is 11.4 Å². The molecule has 0 radical (unpaired) electrons. The Morgan fingerprint density at radius 2 is 2.13 bits per heavy atom.